The van der Waals surface area contributed by atoms with Crippen molar-refractivity contribution in [3.05, 3.63) is 40.5 Å². The number of carboxylic acids is 1. The topological polar surface area (TPSA) is 69.2 Å². The average Bonchev–Trinajstić information content (AvgIpc) is 3.01. The van der Waals surface area contributed by atoms with Crippen molar-refractivity contribution in [1.82, 2.24) is 0 Å². The molecule has 1 aromatic rings. The maximum absolute atomic E-state index is 12.9. The molecule has 0 radical (unpaired) electrons. The van der Waals surface area contributed by atoms with Crippen LogP contribution in [0.4, 0.5) is 5.69 Å². The lowest BCUT2D eigenvalue weighted by Gasteiger charge is -2.30. The molecule has 2 fully saturated rings. The molecule has 3 rings (SSSR count). The van der Waals surface area contributed by atoms with Crippen molar-refractivity contribution in [2.24, 2.45) is 23.7 Å². The van der Waals surface area contributed by atoms with Gasteiger partial charge in [0, 0.05) is 17.6 Å². The highest BCUT2D eigenvalue weighted by Crippen LogP contribution is 2.57. The summed E-state index contributed by atoms with van der Waals surface area (Å²) in [5, 5.41) is 14.7. The third kappa shape index (κ3) is 2.74. The number of carbonyl (C=O) groups is 2. The Labute approximate surface area is 143 Å². The monoisotopic (exact) mass is 326 g/mol. The van der Waals surface area contributed by atoms with Gasteiger partial charge in [-0.1, -0.05) is 17.2 Å². The number of hydrogen-bond acceptors (Lipinski definition) is 3. The summed E-state index contributed by atoms with van der Waals surface area (Å²) in [5.74, 6) is -2.53. The van der Waals surface area contributed by atoms with Crippen molar-refractivity contribution in [2.45, 2.75) is 40.5 Å². The van der Waals surface area contributed by atoms with Gasteiger partial charge in [0.2, 0.25) is 5.91 Å². The fourth-order valence-electron chi connectivity index (χ4n) is 4.86. The molecule has 0 aromatic heterocycles. The van der Waals surface area contributed by atoms with Gasteiger partial charge in [-0.3, -0.25) is 4.79 Å². The molecule has 2 aliphatic carbocycles. The summed E-state index contributed by atoms with van der Waals surface area (Å²) in [4.78, 5) is 24.6. The first-order valence-corrected chi connectivity index (χ1v) is 8.57. The van der Waals surface area contributed by atoms with Gasteiger partial charge >= 0.3 is 0 Å². The third-order valence-corrected chi connectivity index (χ3v) is 5.48. The summed E-state index contributed by atoms with van der Waals surface area (Å²) in [6, 6.07) is 5.86. The highest BCUT2D eigenvalue weighted by molar-refractivity contribution is 5.96. The fraction of sp³-hybridized carbons (Fsp3) is 0.500. The summed E-state index contributed by atoms with van der Waals surface area (Å²) < 4.78 is 0. The zero-order valence-corrected chi connectivity index (χ0v) is 14.7. The van der Waals surface area contributed by atoms with Gasteiger partial charge in [0.25, 0.3) is 0 Å². The molecule has 0 heterocycles. The predicted octanol–water partition coefficient (Wildman–Crippen LogP) is 2.60. The van der Waals surface area contributed by atoms with Gasteiger partial charge in [-0.15, -0.1) is 0 Å². The van der Waals surface area contributed by atoms with Crippen LogP contribution in [0.5, 0.6) is 0 Å². The van der Waals surface area contributed by atoms with E-state index in [1.807, 2.05) is 45.9 Å². The quantitative estimate of drug-likeness (QED) is 0.868. The van der Waals surface area contributed by atoms with Gasteiger partial charge in [0.1, 0.15) is 0 Å². The largest absolute Gasteiger partial charge is 0.550 e. The standard InChI is InChI=1S/C20H25NO3/c1-10(2)16-14-5-6-15(16)18(20(23)24)17(14)19(22)21-13-8-11(3)7-12(4)9-13/h7-9,14-15,17-18H,5-6H2,1-4H3,(H,21,22)(H,23,24)/p-1/t14-,15+,17+,18-/m0/s1. The van der Waals surface area contributed by atoms with Crippen molar-refractivity contribution in [3.63, 3.8) is 0 Å². The number of carbonyl (C=O) groups excluding carboxylic acids is 2. The lowest BCUT2D eigenvalue weighted by molar-refractivity contribution is -0.314. The molecule has 1 amide bonds. The number of allylic oxidation sites excluding steroid dienone is 2. The minimum Gasteiger partial charge on any atom is -0.550 e. The zero-order chi connectivity index (χ0) is 17.6. The van der Waals surface area contributed by atoms with E-state index in [0.29, 0.717) is 0 Å². The number of fused-ring (bicyclic) bond motifs is 2. The van der Waals surface area contributed by atoms with Gasteiger partial charge in [-0.2, -0.15) is 0 Å². The summed E-state index contributed by atoms with van der Waals surface area (Å²) in [5.41, 5.74) is 5.19. The van der Waals surface area contributed by atoms with Gasteiger partial charge in [0.15, 0.2) is 0 Å². The molecule has 4 heteroatoms. The van der Waals surface area contributed by atoms with E-state index in [4.69, 9.17) is 0 Å². The van der Waals surface area contributed by atoms with Crippen LogP contribution in [0.2, 0.25) is 0 Å². The Morgan fingerprint density at radius 1 is 1.00 bits per heavy atom. The number of hydrogen-bond donors (Lipinski definition) is 1. The lowest BCUT2D eigenvalue weighted by Crippen LogP contribution is -2.43. The SMILES string of the molecule is CC(C)=C1[C@H]2CC[C@@H]1[C@@H](C(=O)Nc1cc(C)cc(C)c1)[C@H]2C(=O)[O-]. The molecule has 1 N–H and O–H groups in total. The number of aliphatic carboxylic acids is 1. The molecule has 1 aromatic carbocycles. The first-order chi connectivity index (χ1) is 11.3. The Morgan fingerprint density at radius 2 is 1.54 bits per heavy atom. The summed E-state index contributed by atoms with van der Waals surface area (Å²) >= 11 is 0. The summed E-state index contributed by atoms with van der Waals surface area (Å²) in [7, 11) is 0. The number of benzene rings is 1. The molecule has 0 aliphatic heterocycles. The molecule has 2 bridgehead atoms. The molecule has 24 heavy (non-hydrogen) atoms. The predicted molar refractivity (Wildman–Crippen MR) is 91.1 cm³/mol. The first kappa shape index (κ1) is 16.7. The molecule has 4 atom stereocenters. The Bertz CT molecular complexity index is 710. The maximum Gasteiger partial charge on any atom is 0.228 e. The van der Waals surface area contributed by atoms with Gasteiger partial charge in [-0.25, -0.2) is 0 Å². The van der Waals surface area contributed by atoms with Gasteiger partial charge < -0.3 is 15.2 Å². The van der Waals surface area contributed by atoms with Crippen molar-refractivity contribution in [1.29, 1.82) is 0 Å². The highest BCUT2D eigenvalue weighted by Gasteiger charge is 2.54. The highest BCUT2D eigenvalue weighted by atomic mass is 16.4. The number of anilines is 1. The normalized spacial score (nSPS) is 28.1. The van der Waals surface area contributed by atoms with Crippen LogP contribution in [0.3, 0.4) is 0 Å². The van der Waals surface area contributed by atoms with E-state index in [-0.39, 0.29) is 17.7 Å². The van der Waals surface area contributed by atoms with E-state index in [2.05, 4.69) is 5.32 Å². The molecule has 2 saturated carbocycles. The van der Waals surface area contributed by atoms with Crippen molar-refractivity contribution < 1.29 is 14.7 Å². The molecule has 0 saturated heterocycles. The van der Waals surface area contributed by atoms with Gasteiger partial charge in [0.05, 0.1) is 5.92 Å². The number of rotatable bonds is 3. The van der Waals surface area contributed by atoms with E-state index < -0.39 is 17.8 Å². The fourth-order valence-corrected chi connectivity index (χ4v) is 4.86. The molecule has 0 spiro atoms. The molecular weight excluding hydrogens is 302 g/mol. The Hall–Kier alpha value is -2.10. The number of amides is 1. The van der Waals surface area contributed by atoms with Crippen LogP contribution in [0, 0.1) is 37.5 Å². The van der Waals surface area contributed by atoms with E-state index in [1.165, 1.54) is 5.57 Å². The smallest absolute Gasteiger partial charge is 0.228 e. The van der Waals surface area contributed by atoms with Crippen LogP contribution in [-0.2, 0) is 9.59 Å². The molecular formula is C20H24NO3-. The van der Waals surface area contributed by atoms with E-state index in [0.717, 1.165) is 35.2 Å². The second-order valence-corrected chi connectivity index (χ2v) is 7.48. The van der Waals surface area contributed by atoms with E-state index in [9.17, 15) is 14.7 Å². The van der Waals surface area contributed by atoms with Crippen molar-refractivity contribution in [2.75, 3.05) is 5.32 Å². The Balaban J connectivity index is 1.91. The van der Waals surface area contributed by atoms with Crippen LogP contribution >= 0.6 is 0 Å². The Kier molecular flexibility index (Phi) is 4.24. The first-order valence-electron chi connectivity index (χ1n) is 8.57. The lowest BCUT2D eigenvalue weighted by atomic mass is 9.78. The van der Waals surface area contributed by atoms with Crippen molar-refractivity contribution >= 4 is 17.6 Å². The van der Waals surface area contributed by atoms with Crippen LogP contribution in [0.25, 0.3) is 0 Å². The summed E-state index contributed by atoms with van der Waals surface area (Å²) in [6.07, 6.45) is 1.73. The second kappa shape index (κ2) is 6.08. The molecule has 2 aliphatic rings. The van der Waals surface area contributed by atoms with E-state index in [1.54, 1.807) is 0 Å². The molecule has 0 unspecified atom stereocenters. The Morgan fingerprint density at radius 3 is 2.04 bits per heavy atom. The number of carboxylic acid groups (broad SMARTS) is 1. The van der Waals surface area contributed by atoms with Crippen LogP contribution < -0.4 is 10.4 Å². The molecule has 4 nitrogen and oxygen atoms in total. The van der Waals surface area contributed by atoms with Gasteiger partial charge in [-0.05, 0) is 75.6 Å². The maximum atomic E-state index is 12.9. The third-order valence-electron chi connectivity index (χ3n) is 5.48. The zero-order valence-electron chi connectivity index (χ0n) is 14.7. The van der Waals surface area contributed by atoms with Crippen LogP contribution in [0.1, 0.15) is 37.8 Å². The summed E-state index contributed by atoms with van der Waals surface area (Å²) in [6.45, 7) is 7.98. The van der Waals surface area contributed by atoms with Crippen LogP contribution in [0.15, 0.2) is 29.3 Å². The number of aryl methyl sites for hydroxylation is 2. The number of nitrogens with one attached hydrogen (secondary N) is 1. The minimum absolute atomic E-state index is 0.0359. The second-order valence-electron chi connectivity index (χ2n) is 7.48. The minimum atomic E-state index is -1.10. The van der Waals surface area contributed by atoms with E-state index >= 15 is 0 Å². The molecule has 128 valence electrons. The average molecular weight is 326 g/mol. The van der Waals surface area contributed by atoms with Crippen LogP contribution in [-0.4, -0.2) is 11.9 Å². The van der Waals surface area contributed by atoms with Crippen molar-refractivity contribution in [3.8, 4) is 0 Å².